The fraction of sp³-hybridized carbons (Fsp3) is 0.793. The smallest absolute Gasteiger partial charge is 0.0245 e. The minimum Gasteiger partial charge on any atom is -0.0654 e. The number of benzene rings is 1. The molecule has 3 aliphatic rings. The number of hydrogen-bond acceptors (Lipinski definition) is 0. The zero-order valence-corrected chi connectivity index (χ0v) is 19.4. The average molecular weight is 395 g/mol. The van der Waals surface area contributed by atoms with Crippen molar-refractivity contribution in [3.8, 4) is 0 Å². The molecule has 0 heteroatoms. The molecule has 0 aromatic heterocycles. The Balaban J connectivity index is 1.26. The van der Waals surface area contributed by atoms with Gasteiger partial charge in [-0.3, -0.25) is 0 Å². The molecule has 3 aliphatic carbocycles. The Morgan fingerprint density at radius 1 is 0.724 bits per heavy atom. The summed E-state index contributed by atoms with van der Waals surface area (Å²) in [5.74, 6) is 5.24. The van der Waals surface area contributed by atoms with E-state index in [0.29, 0.717) is 0 Å². The Kier molecular flexibility index (Phi) is 7.77. The molecule has 5 atom stereocenters. The first kappa shape index (κ1) is 21.5. The molecule has 2 saturated carbocycles. The molecule has 0 radical (unpaired) electrons. The third-order valence-electron chi connectivity index (χ3n) is 8.97. The molecular weight excluding hydrogens is 348 g/mol. The topological polar surface area (TPSA) is 0 Å². The van der Waals surface area contributed by atoms with Gasteiger partial charge in [0.2, 0.25) is 0 Å². The van der Waals surface area contributed by atoms with Gasteiger partial charge in [0.05, 0.1) is 0 Å². The molecule has 0 bridgehead atoms. The first-order valence-electron chi connectivity index (χ1n) is 13.4. The normalized spacial score (nSPS) is 31.9. The molecule has 0 heterocycles. The predicted octanol–water partition coefficient (Wildman–Crippen LogP) is 8.55. The molecule has 0 saturated heterocycles. The first-order chi connectivity index (χ1) is 14.3. The minimum absolute atomic E-state index is 0.979. The van der Waals surface area contributed by atoms with Gasteiger partial charge < -0.3 is 0 Å². The second-order valence-electron chi connectivity index (χ2n) is 11.0. The van der Waals surface area contributed by atoms with Crippen LogP contribution in [0.4, 0.5) is 0 Å². The fourth-order valence-corrected chi connectivity index (χ4v) is 7.26. The van der Waals surface area contributed by atoms with Gasteiger partial charge in [-0.05, 0) is 104 Å². The van der Waals surface area contributed by atoms with Gasteiger partial charge in [-0.1, -0.05) is 77.0 Å². The molecule has 0 N–H and O–H groups in total. The second kappa shape index (κ2) is 10.5. The third-order valence-corrected chi connectivity index (χ3v) is 8.97. The maximum atomic E-state index is 2.54. The maximum absolute atomic E-state index is 2.54. The molecule has 0 spiro atoms. The average Bonchev–Trinajstić information content (AvgIpc) is 2.76. The summed E-state index contributed by atoms with van der Waals surface area (Å²) in [5, 5.41) is 0. The monoisotopic (exact) mass is 394 g/mol. The van der Waals surface area contributed by atoms with Crippen LogP contribution >= 0.6 is 0 Å². The largest absolute Gasteiger partial charge is 0.0654 e. The van der Waals surface area contributed by atoms with E-state index in [0.717, 1.165) is 29.6 Å². The molecule has 0 amide bonds. The summed E-state index contributed by atoms with van der Waals surface area (Å²) in [5.41, 5.74) is 4.94. The van der Waals surface area contributed by atoms with Crippen LogP contribution < -0.4 is 0 Å². The van der Waals surface area contributed by atoms with Crippen LogP contribution in [0.3, 0.4) is 0 Å². The Bertz CT molecular complexity index is 629. The SMILES string of the molecule is CCCCCCC1CCC2CC(C3CCc4cc(CCC)ccc4C3)CCC2C1. The van der Waals surface area contributed by atoms with Crippen molar-refractivity contribution in [2.24, 2.45) is 29.6 Å². The standard InChI is InChI=1S/C29H46/c1-3-5-6-7-9-23-11-13-27-21-29(17-15-25(27)19-23)28-16-14-24-18-22(8-4-2)10-12-26(24)20-28/h10,12,18,23,25,27-29H,3-9,11,13-17,19-21H2,1-2H3. The lowest BCUT2D eigenvalue weighted by atomic mass is 9.61. The van der Waals surface area contributed by atoms with Crippen LogP contribution in [0.15, 0.2) is 18.2 Å². The fourth-order valence-electron chi connectivity index (χ4n) is 7.26. The molecule has 0 nitrogen and oxygen atoms in total. The van der Waals surface area contributed by atoms with Gasteiger partial charge in [-0.15, -0.1) is 0 Å². The van der Waals surface area contributed by atoms with Crippen LogP contribution in [0, 0.1) is 29.6 Å². The summed E-state index contributed by atoms with van der Waals surface area (Å²) in [6.45, 7) is 4.63. The van der Waals surface area contributed by atoms with Crippen molar-refractivity contribution in [2.75, 3.05) is 0 Å². The molecule has 5 unspecified atom stereocenters. The molecule has 2 fully saturated rings. The van der Waals surface area contributed by atoms with E-state index < -0.39 is 0 Å². The quantitative estimate of drug-likeness (QED) is 0.387. The zero-order valence-electron chi connectivity index (χ0n) is 19.4. The summed E-state index contributed by atoms with van der Waals surface area (Å²) in [7, 11) is 0. The van der Waals surface area contributed by atoms with Crippen LogP contribution in [0.1, 0.15) is 114 Å². The van der Waals surface area contributed by atoms with Crippen molar-refractivity contribution in [3.05, 3.63) is 34.9 Å². The molecule has 1 aromatic rings. The van der Waals surface area contributed by atoms with Gasteiger partial charge in [0, 0.05) is 0 Å². The highest BCUT2D eigenvalue weighted by Gasteiger charge is 2.38. The van der Waals surface area contributed by atoms with Crippen LogP contribution in [-0.4, -0.2) is 0 Å². The van der Waals surface area contributed by atoms with E-state index in [1.54, 1.807) is 48.8 Å². The summed E-state index contributed by atoms with van der Waals surface area (Å²) in [6.07, 6.45) is 23.4. The summed E-state index contributed by atoms with van der Waals surface area (Å²) in [4.78, 5) is 0. The Hall–Kier alpha value is -0.780. The molecule has 0 aliphatic heterocycles. The van der Waals surface area contributed by atoms with Crippen molar-refractivity contribution < 1.29 is 0 Å². The lowest BCUT2D eigenvalue weighted by Gasteiger charge is -2.45. The van der Waals surface area contributed by atoms with Gasteiger partial charge in [-0.2, -0.15) is 0 Å². The third kappa shape index (κ3) is 5.48. The highest BCUT2D eigenvalue weighted by atomic mass is 14.4. The van der Waals surface area contributed by atoms with Gasteiger partial charge in [0.15, 0.2) is 0 Å². The van der Waals surface area contributed by atoms with Crippen molar-refractivity contribution in [3.63, 3.8) is 0 Å². The van der Waals surface area contributed by atoms with Crippen molar-refractivity contribution in [1.29, 1.82) is 0 Å². The van der Waals surface area contributed by atoms with Crippen LogP contribution in [0.2, 0.25) is 0 Å². The van der Waals surface area contributed by atoms with Gasteiger partial charge in [0.1, 0.15) is 0 Å². The minimum atomic E-state index is 0.979. The van der Waals surface area contributed by atoms with E-state index in [1.807, 2.05) is 0 Å². The number of hydrogen-bond donors (Lipinski definition) is 0. The van der Waals surface area contributed by atoms with E-state index >= 15 is 0 Å². The lowest BCUT2D eigenvalue weighted by molar-refractivity contribution is 0.0690. The van der Waals surface area contributed by atoms with Gasteiger partial charge >= 0.3 is 0 Å². The molecular formula is C29H46. The summed E-state index contributed by atoms with van der Waals surface area (Å²) < 4.78 is 0. The van der Waals surface area contributed by atoms with Crippen molar-refractivity contribution >= 4 is 0 Å². The van der Waals surface area contributed by atoms with Crippen molar-refractivity contribution in [1.82, 2.24) is 0 Å². The summed E-state index contributed by atoms with van der Waals surface area (Å²) in [6, 6.07) is 7.44. The second-order valence-corrected chi connectivity index (χ2v) is 11.0. The highest BCUT2D eigenvalue weighted by Crippen LogP contribution is 2.49. The molecule has 1 aromatic carbocycles. The van der Waals surface area contributed by atoms with E-state index in [9.17, 15) is 0 Å². The molecule has 29 heavy (non-hydrogen) atoms. The van der Waals surface area contributed by atoms with E-state index in [1.165, 1.54) is 70.6 Å². The maximum Gasteiger partial charge on any atom is -0.0245 e. The lowest BCUT2D eigenvalue weighted by Crippen LogP contribution is -2.35. The Labute approximate surface area is 181 Å². The number of aryl methyl sites for hydroxylation is 2. The predicted molar refractivity (Wildman–Crippen MR) is 126 cm³/mol. The Morgan fingerprint density at radius 3 is 2.34 bits per heavy atom. The zero-order chi connectivity index (χ0) is 20.1. The van der Waals surface area contributed by atoms with E-state index in [2.05, 4.69) is 32.0 Å². The van der Waals surface area contributed by atoms with Crippen LogP contribution in [0.5, 0.6) is 0 Å². The van der Waals surface area contributed by atoms with Crippen LogP contribution in [0.25, 0.3) is 0 Å². The highest BCUT2D eigenvalue weighted by molar-refractivity contribution is 5.34. The number of unbranched alkanes of at least 4 members (excludes halogenated alkanes) is 3. The van der Waals surface area contributed by atoms with Crippen LogP contribution in [-0.2, 0) is 19.3 Å². The van der Waals surface area contributed by atoms with E-state index in [-0.39, 0.29) is 0 Å². The molecule has 162 valence electrons. The van der Waals surface area contributed by atoms with Gasteiger partial charge in [-0.25, -0.2) is 0 Å². The number of rotatable bonds is 8. The molecule has 4 rings (SSSR count). The Morgan fingerprint density at radius 2 is 1.52 bits per heavy atom. The summed E-state index contributed by atoms with van der Waals surface area (Å²) >= 11 is 0. The van der Waals surface area contributed by atoms with E-state index in [4.69, 9.17) is 0 Å². The number of fused-ring (bicyclic) bond motifs is 2. The first-order valence-corrected chi connectivity index (χ1v) is 13.4. The van der Waals surface area contributed by atoms with Crippen molar-refractivity contribution in [2.45, 2.75) is 117 Å². The van der Waals surface area contributed by atoms with Gasteiger partial charge in [0.25, 0.3) is 0 Å².